The predicted octanol–water partition coefficient (Wildman–Crippen LogP) is 12.9. The highest BCUT2D eigenvalue weighted by molar-refractivity contribution is 7.26. The van der Waals surface area contributed by atoms with Crippen molar-refractivity contribution in [3.63, 3.8) is 0 Å². The van der Waals surface area contributed by atoms with Gasteiger partial charge in [-0.3, -0.25) is 5.32 Å². The van der Waals surface area contributed by atoms with Crippen LogP contribution in [0.1, 0.15) is 51.8 Å². The van der Waals surface area contributed by atoms with Gasteiger partial charge in [-0.25, -0.2) is 9.98 Å². The molecular formula is C55H41N5S. The molecule has 0 amide bonds. The Labute approximate surface area is 359 Å². The number of hydrogen-bond acceptors (Lipinski definition) is 6. The maximum atomic E-state index is 5.14. The zero-order chi connectivity index (χ0) is 40.5. The van der Waals surface area contributed by atoms with Crippen LogP contribution in [-0.2, 0) is 0 Å². The van der Waals surface area contributed by atoms with Crippen LogP contribution < -0.4 is 16.0 Å². The van der Waals surface area contributed by atoms with Crippen molar-refractivity contribution < 1.29 is 0 Å². The van der Waals surface area contributed by atoms with Crippen LogP contribution in [0.2, 0.25) is 0 Å². The highest BCUT2D eigenvalue weighted by Crippen LogP contribution is 2.45. The van der Waals surface area contributed by atoms with E-state index in [0.29, 0.717) is 0 Å². The van der Waals surface area contributed by atoms with Crippen LogP contribution in [0.5, 0.6) is 0 Å². The number of benzene rings is 8. The summed E-state index contributed by atoms with van der Waals surface area (Å²) in [5.41, 5.74) is 12.5. The molecule has 2 aliphatic rings. The van der Waals surface area contributed by atoms with E-state index in [9.17, 15) is 0 Å². The summed E-state index contributed by atoms with van der Waals surface area (Å²) < 4.78 is 2.57. The van der Waals surface area contributed by atoms with Gasteiger partial charge in [-0.1, -0.05) is 194 Å². The minimum atomic E-state index is -0.350. The van der Waals surface area contributed by atoms with Crippen molar-refractivity contribution in [1.82, 2.24) is 16.0 Å². The molecule has 0 saturated heterocycles. The SMILES string of the molecule is C1=C(c2ccccc2)NC(c2cccc(-c3c(-c4ccc(C5=NC(c6ccccc6)N=C(c6ccccc6)N5)cc4)ccc4c3sc3ccccc34)c2)NC1c1ccccc1. The van der Waals surface area contributed by atoms with E-state index in [1.54, 1.807) is 0 Å². The first-order valence-electron chi connectivity index (χ1n) is 20.7. The topological polar surface area (TPSA) is 60.8 Å². The van der Waals surface area contributed by atoms with Gasteiger partial charge in [0.2, 0.25) is 0 Å². The Kier molecular flexibility index (Phi) is 9.62. The Morgan fingerprint density at radius 2 is 1.02 bits per heavy atom. The molecule has 0 bridgehead atoms. The minimum absolute atomic E-state index is 0.0349. The number of nitrogens with one attached hydrogen (secondary N) is 3. The van der Waals surface area contributed by atoms with Crippen molar-refractivity contribution in [2.24, 2.45) is 9.98 Å². The fraction of sp³-hybridized carbons (Fsp3) is 0.0545. The predicted molar refractivity (Wildman–Crippen MR) is 255 cm³/mol. The average molecular weight is 804 g/mol. The van der Waals surface area contributed by atoms with Gasteiger partial charge in [0.05, 0.1) is 6.04 Å². The van der Waals surface area contributed by atoms with E-state index >= 15 is 0 Å². The number of nitrogens with zero attached hydrogens (tertiary/aromatic N) is 2. The number of thiophene rings is 1. The number of rotatable bonds is 8. The summed E-state index contributed by atoms with van der Waals surface area (Å²) in [4.78, 5) is 10.2. The summed E-state index contributed by atoms with van der Waals surface area (Å²) in [5.74, 6) is 1.61. The highest BCUT2D eigenvalue weighted by Gasteiger charge is 2.26. The Morgan fingerprint density at radius 3 is 1.74 bits per heavy atom. The van der Waals surface area contributed by atoms with E-state index in [0.717, 1.165) is 39.6 Å². The van der Waals surface area contributed by atoms with Crippen LogP contribution in [0, 0.1) is 0 Å². The molecule has 5 nitrogen and oxygen atoms in total. The Hall–Kier alpha value is -7.38. The maximum Gasteiger partial charge on any atom is 0.169 e. The van der Waals surface area contributed by atoms with Gasteiger partial charge < -0.3 is 10.6 Å². The number of aliphatic imine (C=N–C) groups is 2. The summed E-state index contributed by atoms with van der Waals surface area (Å²) in [7, 11) is 0. The lowest BCUT2D eigenvalue weighted by molar-refractivity contribution is 0.443. The second kappa shape index (κ2) is 16.0. The number of fused-ring (bicyclic) bond motifs is 3. The van der Waals surface area contributed by atoms with Crippen LogP contribution in [0.4, 0.5) is 0 Å². The quantitative estimate of drug-likeness (QED) is 0.143. The van der Waals surface area contributed by atoms with Crippen molar-refractivity contribution >= 4 is 48.9 Å². The van der Waals surface area contributed by atoms with Gasteiger partial charge in [0, 0.05) is 42.6 Å². The molecule has 0 saturated carbocycles. The molecule has 3 atom stereocenters. The summed E-state index contributed by atoms with van der Waals surface area (Å²) in [5, 5.41) is 13.9. The van der Waals surface area contributed by atoms with Gasteiger partial charge in [0.1, 0.15) is 17.8 Å². The van der Waals surface area contributed by atoms with Gasteiger partial charge in [0.25, 0.3) is 0 Å². The molecule has 0 aliphatic carbocycles. The van der Waals surface area contributed by atoms with Crippen molar-refractivity contribution in [1.29, 1.82) is 0 Å². The first-order valence-corrected chi connectivity index (χ1v) is 21.6. The first kappa shape index (κ1) is 36.7. The Bertz CT molecular complexity index is 3100. The lowest BCUT2D eigenvalue weighted by Crippen LogP contribution is -2.39. The molecule has 8 aromatic carbocycles. The van der Waals surface area contributed by atoms with E-state index in [2.05, 4.69) is 192 Å². The molecule has 292 valence electrons. The van der Waals surface area contributed by atoms with Crippen LogP contribution in [0.15, 0.2) is 222 Å². The molecule has 3 unspecified atom stereocenters. The molecule has 11 rings (SSSR count). The molecule has 6 heteroatoms. The lowest BCUT2D eigenvalue weighted by atomic mass is 9.91. The summed E-state index contributed by atoms with van der Waals surface area (Å²) >= 11 is 1.87. The summed E-state index contributed by atoms with van der Waals surface area (Å²) in [6.45, 7) is 0. The van der Waals surface area contributed by atoms with Gasteiger partial charge >= 0.3 is 0 Å². The average Bonchev–Trinajstić information content (AvgIpc) is 3.73. The largest absolute Gasteiger partial charge is 0.366 e. The van der Waals surface area contributed by atoms with Crippen LogP contribution >= 0.6 is 11.3 Å². The highest BCUT2D eigenvalue weighted by atomic mass is 32.1. The van der Waals surface area contributed by atoms with Gasteiger partial charge in [-0.2, -0.15) is 0 Å². The third-order valence-corrected chi connectivity index (χ3v) is 12.8. The molecule has 3 N–H and O–H groups in total. The van der Waals surface area contributed by atoms with Crippen LogP contribution in [0.25, 0.3) is 48.1 Å². The molecule has 0 spiro atoms. The zero-order valence-electron chi connectivity index (χ0n) is 33.2. The fourth-order valence-corrected chi connectivity index (χ4v) is 9.85. The van der Waals surface area contributed by atoms with Crippen LogP contribution in [-0.4, -0.2) is 11.7 Å². The third-order valence-electron chi connectivity index (χ3n) is 11.6. The normalized spacial score (nSPS) is 17.5. The number of hydrogen-bond donors (Lipinski definition) is 3. The molecule has 0 radical (unpaired) electrons. The smallest absolute Gasteiger partial charge is 0.169 e. The molecule has 1 aromatic heterocycles. The van der Waals surface area contributed by atoms with Crippen molar-refractivity contribution in [3.05, 3.63) is 246 Å². The van der Waals surface area contributed by atoms with Crippen molar-refractivity contribution in [2.45, 2.75) is 18.4 Å². The van der Waals surface area contributed by atoms with Crippen molar-refractivity contribution in [3.8, 4) is 22.3 Å². The molecule has 0 fully saturated rings. The zero-order valence-corrected chi connectivity index (χ0v) is 34.1. The molecule has 61 heavy (non-hydrogen) atoms. The summed E-state index contributed by atoms with van der Waals surface area (Å²) in [6, 6.07) is 73.2. The van der Waals surface area contributed by atoms with Gasteiger partial charge in [-0.05, 0) is 57.2 Å². The number of amidine groups is 2. The molecular weight excluding hydrogens is 763 g/mol. The first-order chi connectivity index (χ1) is 30.2. The van der Waals surface area contributed by atoms with Crippen molar-refractivity contribution in [2.75, 3.05) is 0 Å². The monoisotopic (exact) mass is 803 g/mol. The standard InChI is InChI=1S/C55H41N5S/c1-5-16-37(17-6-1)47-35-48(38-18-7-2-8-19-38)57-55(56-47)43-25-15-24-42(34-43)50-44(32-33-46-45-26-13-14-27-49(45)61-51(46)50)36-28-30-41(31-29-36)54-59-52(39-20-9-3-10-21-39)58-53(60-54)40-22-11-4-12-23-40/h1-35,47,52,55-57H,(H,58,59,60). The third kappa shape index (κ3) is 7.22. The van der Waals surface area contributed by atoms with E-state index in [1.165, 1.54) is 53.6 Å². The fourth-order valence-electron chi connectivity index (χ4n) is 8.58. The Morgan fingerprint density at radius 1 is 0.443 bits per heavy atom. The second-order valence-corrected chi connectivity index (χ2v) is 16.5. The Balaban J connectivity index is 0.993. The lowest BCUT2D eigenvalue weighted by Gasteiger charge is -2.33. The molecule has 3 heterocycles. The maximum absolute atomic E-state index is 5.14. The molecule has 2 aliphatic heterocycles. The summed E-state index contributed by atoms with van der Waals surface area (Å²) in [6.07, 6.45) is 1.83. The van der Waals surface area contributed by atoms with E-state index in [1.807, 2.05) is 47.7 Å². The second-order valence-electron chi connectivity index (χ2n) is 15.5. The van der Waals surface area contributed by atoms with E-state index in [4.69, 9.17) is 9.98 Å². The van der Waals surface area contributed by atoms with E-state index < -0.39 is 0 Å². The van der Waals surface area contributed by atoms with Crippen LogP contribution in [0.3, 0.4) is 0 Å². The minimum Gasteiger partial charge on any atom is -0.366 e. The molecule has 9 aromatic rings. The van der Waals surface area contributed by atoms with Gasteiger partial charge in [-0.15, -0.1) is 11.3 Å². The van der Waals surface area contributed by atoms with E-state index in [-0.39, 0.29) is 18.4 Å². The van der Waals surface area contributed by atoms with Gasteiger partial charge in [0.15, 0.2) is 6.17 Å².